The Kier molecular flexibility index (Phi) is 6.73. The Morgan fingerprint density at radius 2 is 1.45 bits per heavy atom. The molecular formula is C24H24N2O2S. The number of carbonyl (C=O) groups is 2. The van der Waals surface area contributed by atoms with Crippen molar-refractivity contribution in [2.24, 2.45) is 0 Å². The highest BCUT2D eigenvalue weighted by Crippen LogP contribution is 2.22. The van der Waals surface area contributed by atoms with E-state index in [2.05, 4.69) is 10.6 Å². The monoisotopic (exact) mass is 404 g/mol. The lowest BCUT2D eigenvalue weighted by Crippen LogP contribution is -2.14. The van der Waals surface area contributed by atoms with Gasteiger partial charge in [0.1, 0.15) is 0 Å². The normalized spacial score (nSPS) is 10.4. The van der Waals surface area contributed by atoms with Crippen LogP contribution in [0.3, 0.4) is 0 Å². The summed E-state index contributed by atoms with van der Waals surface area (Å²) in [7, 11) is 0. The van der Waals surface area contributed by atoms with E-state index in [0.29, 0.717) is 11.3 Å². The van der Waals surface area contributed by atoms with Crippen molar-refractivity contribution in [1.29, 1.82) is 0 Å². The molecule has 3 aromatic carbocycles. The van der Waals surface area contributed by atoms with Crippen LogP contribution in [0.25, 0.3) is 0 Å². The SMILES string of the molecule is Cc1ccc(NC(=O)CSc2ccc(NC(=O)c3ccccc3C)cc2)cc1C. The highest BCUT2D eigenvalue weighted by Gasteiger charge is 2.09. The summed E-state index contributed by atoms with van der Waals surface area (Å²) in [6.07, 6.45) is 0. The fourth-order valence-electron chi connectivity index (χ4n) is 2.83. The van der Waals surface area contributed by atoms with Crippen LogP contribution in [0.4, 0.5) is 11.4 Å². The number of aryl methyl sites for hydroxylation is 3. The van der Waals surface area contributed by atoms with Gasteiger partial charge in [-0.05, 0) is 79.9 Å². The number of amides is 2. The Hall–Kier alpha value is -3.05. The fourth-order valence-corrected chi connectivity index (χ4v) is 3.52. The summed E-state index contributed by atoms with van der Waals surface area (Å²) in [4.78, 5) is 25.5. The van der Waals surface area contributed by atoms with Crippen LogP contribution in [-0.2, 0) is 4.79 Å². The van der Waals surface area contributed by atoms with Gasteiger partial charge in [-0.15, -0.1) is 11.8 Å². The molecule has 0 bridgehead atoms. The molecule has 2 N–H and O–H groups in total. The Morgan fingerprint density at radius 1 is 0.759 bits per heavy atom. The molecule has 0 fully saturated rings. The molecule has 4 nitrogen and oxygen atoms in total. The zero-order chi connectivity index (χ0) is 20.8. The lowest BCUT2D eigenvalue weighted by molar-refractivity contribution is -0.113. The minimum Gasteiger partial charge on any atom is -0.325 e. The van der Waals surface area contributed by atoms with Gasteiger partial charge in [-0.2, -0.15) is 0 Å². The maximum Gasteiger partial charge on any atom is 0.255 e. The number of nitrogens with one attached hydrogen (secondary N) is 2. The van der Waals surface area contributed by atoms with Gasteiger partial charge in [-0.25, -0.2) is 0 Å². The van der Waals surface area contributed by atoms with Crippen molar-refractivity contribution >= 4 is 35.0 Å². The van der Waals surface area contributed by atoms with E-state index in [0.717, 1.165) is 27.4 Å². The number of thioether (sulfide) groups is 1. The number of anilines is 2. The van der Waals surface area contributed by atoms with Crippen LogP contribution < -0.4 is 10.6 Å². The van der Waals surface area contributed by atoms with Crippen LogP contribution in [0, 0.1) is 20.8 Å². The van der Waals surface area contributed by atoms with Crippen molar-refractivity contribution in [2.45, 2.75) is 25.7 Å². The largest absolute Gasteiger partial charge is 0.325 e. The molecule has 0 saturated heterocycles. The van der Waals surface area contributed by atoms with Gasteiger partial charge in [0, 0.05) is 21.8 Å². The van der Waals surface area contributed by atoms with Gasteiger partial charge in [0.2, 0.25) is 5.91 Å². The molecule has 0 radical (unpaired) electrons. The fraction of sp³-hybridized carbons (Fsp3) is 0.167. The molecule has 3 aromatic rings. The maximum absolute atomic E-state index is 12.4. The van der Waals surface area contributed by atoms with Gasteiger partial charge in [0.05, 0.1) is 5.75 Å². The minimum atomic E-state index is -0.128. The molecule has 5 heteroatoms. The highest BCUT2D eigenvalue weighted by atomic mass is 32.2. The van der Waals surface area contributed by atoms with E-state index in [4.69, 9.17) is 0 Å². The summed E-state index contributed by atoms with van der Waals surface area (Å²) in [5.41, 5.74) is 5.49. The summed E-state index contributed by atoms with van der Waals surface area (Å²) in [5.74, 6) is 0.147. The summed E-state index contributed by atoms with van der Waals surface area (Å²) in [6, 6.07) is 20.9. The third-order valence-corrected chi connectivity index (χ3v) is 5.67. The molecule has 29 heavy (non-hydrogen) atoms. The van der Waals surface area contributed by atoms with E-state index >= 15 is 0 Å². The van der Waals surface area contributed by atoms with Gasteiger partial charge < -0.3 is 10.6 Å². The van der Waals surface area contributed by atoms with E-state index in [1.807, 2.05) is 87.5 Å². The molecule has 3 rings (SSSR count). The molecule has 0 aliphatic carbocycles. The molecule has 0 aliphatic heterocycles. The quantitative estimate of drug-likeness (QED) is 0.526. The number of hydrogen-bond acceptors (Lipinski definition) is 3. The summed E-state index contributed by atoms with van der Waals surface area (Å²) < 4.78 is 0. The molecule has 0 atom stereocenters. The van der Waals surface area contributed by atoms with Crippen LogP contribution in [0.5, 0.6) is 0 Å². The maximum atomic E-state index is 12.4. The molecule has 2 amide bonds. The Labute approximate surface area is 175 Å². The van der Waals surface area contributed by atoms with E-state index in [1.165, 1.54) is 17.3 Å². The first kappa shape index (κ1) is 20.7. The third kappa shape index (κ3) is 5.72. The molecule has 0 saturated carbocycles. The van der Waals surface area contributed by atoms with Crippen LogP contribution in [0.15, 0.2) is 71.6 Å². The topological polar surface area (TPSA) is 58.2 Å². The van der Waals surface area contributed by atoms with Crippen molar-refractivity contribution in [3.05, 3.63) is 89.0 Å². The second-order valence-electron chi connectivity index (χ2n) is 6.93. The van der Waals surface area contributed by atoms with Crippen LogP contribution in [-0.4, -0.2) is 17.6 Å². The van der Waals surface area contributed by atoms with Crippen LogP contribution in [0.1, 0.15) is 27.0 Å². The summed E-state index contributed by atoms with van der Waals surface area (Å²) >= 11 is 1.46. The van der Waals surface area contributed by atoms with Crippen molar-refractivity contribution in [3.8, 4) is 0 Å². The minimum absolute atomic E-state index is 0.0461. The smallest absolute Gasteiger partial charge is 0.255 e. The van der Waals surface area contributed by atoms with E-state index < -0.39 is 0 Å². The van der Waals surface area contributed by atoms with Crippen LogP contribution in [0.2, 0.25) is 0 Å². The zero-order valence-electron chi connectivity index (χ0n) is 16.8. The second kappa shape index (κ2) is 9.43. The highest BCUT2D eigenvalue weighted by molar-refractivity contribution is 8.00. The van der Waals surface area contributed by atoms with Gasteiger partial charge in [-0.3, -0.25) is 9.59 Å². The van der Waals surface area contributed by atoms with E-state index in [1.54, 1.807) is 0 Å². The number of benzene rings is 3. The summed E-state index contributed by atoms with van der Waals surface area (Å²) in [5, 5.41) is 5.83. The number of rotatable bonds is 6. The molecule has 148 valence electrons. The van der Waals surface area contributed by atoms with Gasteiger partial charge in [0.25, 0.3) is 5.91 Å². The van der Waals surface area contributed by atoms with E-state index in [9.17, 15) is 9.59 Å². The number of hydrogen-bond donors (Lipinski definition) is 2. The molecular weight excluding hydrogens is 380 g/mol. The lowest BCUT2D eigenvalue weighted by Gasteiger charge is -2.09. The van der Waals surface area contributed by atoms with Crippen molar-refractivity contribution in [2.75, 3.05) is 16.4 Å². The average molecular weight is 405 g/mol. The third-order valence-electron chi connectivity index (χ3n) is 4.66. The Morgan fingerprint density at radius 3 is 2.14 bits per heavy atom. The predicted molar refractivity (Wildman–Crippen MR) is 121 cm³/mol. The van der Waals surface area contributed by atoms with Gasteiger partial charge >= 0.3 is 0 Å². The first-order chi connectivity index (χ1) is 13.9. The average Bonchev–Trinajstić information content (AvgIpc) is 2.70. The first-order valence-corrected chi connectivity index (χ1v) is 10.4. The zero-order valence-corrected chi connectivity index (χ0v) is 17.6. The molecule has 0 unspecified atom stereocenters. The van der Waals surface area contributed by atoms with Crippen LogP contribution >= 0.6 is 11.8 Å². The molecule has 0 aliphatic rings. The molecule has 0 aromatic heterocycles. The van der Waals surface area contributed by atoms with E-state index in [-0.39, 0.29) is 11.8 Å². The summed E-state index contributed by atoms with van der Waals surface area (Å²) in [6.45, 7) is 5.99. The lowest BCUT2D eigenvalue weighted by atomic mass is 10.1. The second-order valence-corrected chi connectivity index (χ2v) is 7.98. The predicted octanol–water partition coefficient (Wildman–Crippen LogP) is 5.59. The van der Waals surface area contributed by atoms with Crippen molar-refractivity contribution < 1.29 is 9.59 Å². The van der Waals surface area contributed by atoms with Crippen molar-refractivity contribution in [3.63, 3.8) is 0 Å². The first-order valence-electron chi connectivity index (χ1n) is 9.39. The van der Waals surface area contributed by atoms with Crippen molar-refractivity contribution in [1.82, 2.24) is 0 Å². The number of carbonyl (C=O) groups excluding carboxylic acids is 2. The molecule has 0 spiro atoms. The Bertz CT molecular complexity index is 1030. The Balaban J connectivity index is 1.52. The van der Waals surface area contributed by atoms with Gasteiger partial charge in [0.15, 0.2) is 0 Å². The standard InChI is InChI=1S/C24H24N2O2S/c1-16-8-9-20(14-18(16)3)25-23(27)15-29-21-12-10-19(11-13-21)26-24(28)22-7-5-4-6-17(22)2/h4-14H,15H2,1-3H3,(H,25,27)(H,26,28). The van der Waals surface area contributed by atoms with Gasteiger partial charge in [-0.1, -0.05) is 24.3 Å². The molecule has 0 heterocycles.